The second kappa shape index (κ2) is 8.17. The zero-order valence-electron chi connectivity index (χ0n) is 15.6. The largest absolute Gasteiger partial charge is 0.465 e. The number of esters is 1. The molecule has 1 atom stereocenters. The lowest BCUT2D eigenvalue weighted by atomic mass is 10.0. The lowest BCUT2D eigenvalue weighted by Crippen LogP contribution is -2.31. The van der Waals surface area contributed by atoms with E-state index in [1.54, 1.807) is 13.0 Å². The fourth-order valence-electron chi connectivity index (χ4n) is 3.52. The molecule has 1 aliphatic heterocycles. The minimum absolute atomic E-state index is 0.258. The van der Waals surface area contributed by atoms with Gasteiger partial charge in [0.15, 0.2) is 0 Å². The van der Waals surface area contributed by atoms with Crippen molar-refractivity contribution in [3.05, 3.63) is 52.1 Å². The maximum absolute atomic E-state index is 14.1. The Morgan fingerprint density at radius 1 is 1.41 bits per heavy atom. The van der Waals surface area contributed by atoms with Gasteiger partial charge in [-0.1, -0.05) is 25.5 Å². The Morgan fingerprint density at radius 3 is 2.89 bits per heavy atom. The fraction of sp³-hybridized carbons (Fsp3) is 0.400. The van der Waals surface area contributed by atoms with E-state index in [2.05, 4.69) is 10.3 Å². The summed E-state index contributed by atoms with van der Waals surface area (Å²) in [4.78, 5) is 28.8. The van der Waals surface area contributed by atoms with Gasteiger partial charge in [-0.05, 0) is 37.0 Å². The number of amides is 1. The summed E-state index contributed by atoms with van der Waals surface area (Å²) in [6, 6.07) is 4.69. The third kappa shape index (κ3) is 3.74. The highest BCUT2D eigenvalue weighted by atomic mass is 32.2. The molecule has 7 heteroatoms. The Kier molecular flexibility index (Phi) is 5.89. The minimum atomic E-state index is -0.451. The third-order valence-corrected chi connectivity index (χ3v) is 5.90. The van der Waals surface area contributed by atoms with Gasteiger partial charge in [0, 0.05) is 16.3 Å². The number of aromatic amines is 1. The average molecular weight is 390 g/mol. The van der Waals surface area contributed by atoms with Crippen molar-refractivity contribution in [3.63, 3.8) is 0 Å². The van der Waals surface area contributed by atoms with Gasteiger partial charge in [0.25, 0.3) is 5.91 Å². The molecular formula is C20H23FN2O3S. The van der Waals surface area contributed by atoms with Crippen LogP contribution in [0.4, 0.5) is 4.39 Å². The maximum Gasteiger partial charge on any atom is 0.339 e. The standard InChI is InChI=1S/C20H23FN2O3S/c1-4-6-13-16(20(25)26-3)11(2)22-17(13)19(24)23-15-9-10-27-18-12(15)7-5-8-14(18)21/h5,7-8,15,22H,4,6,9-10H2,1-3H3,(H,23,24). The summed E-state index contributed by atoms with van der Waals surface area (Å²) >= 11 is 1.47. The number of methoxy groups -OCH3 is 1. The van der Waals surface area contributed by atoms with Gasteiger partial charge in [-0.15, -0.1) is 11.8 Å². The van der Waals surface area contributed by atoms with Crippen molar-refractivity contribution in [1.29, 1.82) is 0 Å². The average Bonchev–Trinajstić information content (AvgIpc) is 2.98. The Morgan fingerprint density at radius 2 is 2.19 bits per heavy atom. The monoisotopic (exact) mass is 390 g/mol. The van der Waals surface area contributed by atoms with Crippen LogP contribution in [-0.4, -0.2) is 29.7 Å². The zero-order valence-corrected chi connectivity index (χ0v) is 16.5. The number of carbonyl (C=O) groups is 2. The molecule has 144 valence electrons. The first kappa shape index (κ1) is 19.5. The van der Waals surface area contributed by atoms with Crippen LogP contribution < -0.4 is 5.32 Å². The molecule has 2 aromatic rings. The normalized spacial score (nSPS) is 15.9. The number of thioether (sulfide) groups is 1. The molecule has 1 aromatic carbocycles. The summed E-state index contributed by atoms with van der Waals surface area (Å²) in [5.41, 5.74) is 2.89. The van der Waals surface area contributed by atoms with Crippen LogP contribution in [0.3, 0.4) is 0 Å². The summed E-state index contributed by atoms with van der Waals surface area (Å²) in [5, 5.41) is 3.01. The second-order valence-corrected chi connectivity index (χ2v) is 7.65. The highest BCUT2D eigenvalue weighted by Crippen LogP contribution is 2.38. The molecule has 0 saturated carbocycles. The van der Waals surface area contributed by atoms with Crippen molar-refractivity contribution < 1.29 is 18.7 Å². The number of halogens is 1. The van der Waals surface area contributed by atoms with Gasteiger partial charge in [-0.3, -0.25) is 4.79 Å². The first-order chi connectivity index (χ1) is 13.0. The summed E-state index contributed by atoms with van der Waals surface area (Å²) in [6.07, 6.45) is 2.10. The summed E-state index contributed by atoms with van der Waals surface area (Å²) in [7, 11) is 1.33. The molecule has 1 aliphatic rings. The van der Waals surface area contributed by atoms with Crippen LogP contribution in [0, 0.1) is 12.7 Å². The summed E-state index contributed by atoms with van der Waals surface area (Å²) in [6.45, 7) is 3.74. The molecule has 0 aliphatic carbocycles. The van der Waals surface area contributed by atoms with Crippen LogP contribution in [0.15, 0.2) is 23.1 Å². The number of nitrogens with one attached hydrogen (secondary N) is 2. The number of hydrogen-bond donors (Lipinski definition) is 2. The van der Waals surface area contributed by atoms with Crippen molar-refractivity contribution in [2.24, 2.45) is 0 Å². The number of hydrogen-bond acceptors (Lipinski definition) is 4. The second-order valence-electron chi connectivity index (χ2n) is 6.54. The molecule has 0 spiro atoms. The maximum atomic E-state index is 14.1. The molecule has 5 nitrogen and oxygen atoms in total. The van der Waals surface area contributed by atoms with E-state index in [0.29, 0.717) is 33.8 Å². The Hall–Kier alpha value is -2.28. The molecule has 1 aromatic heterocycles. The van der Waals surface area contributed by atoms with E-state index in [9.17, 15) is 14.0 Å². The van der Waals surface area contributed by atoms with Crippen molar-refractivity contribution in [3.8, 4) is 0 Å². The third-order valence-electron chi connectivity index (χ3n) is 4.74. The molecule has 1 unspecified atom stereocenters. The van der Waals surface area contributed by atoms with E-state index < -0.39 is 5.97 Å². The van der Waals surface area contributed by atoms with Gasteiger partial charge >= 0.3 is 5.97 Å². The Bertz CT molecular complexity index is 878. The molecule has 2 N–H and O–H groups in total. The van der Waals surface area contributed by atoms with Crippen LogP contribution >= 0.6 is 11.8 Å². The number of H-pyrrole nitrogens is 1. The number of carbonyl (C=O) groups excluding carboxylic acids is 2. The first-order valence-corrected chi connectivity index (χ1v) is 9.98. The van der Waals surface area contributed by atoms with Crippen molar-refractivity contribution in [2.75, 3.05) is 12.9 Å². The van der Waals surface area contributed by atoms with E-state index in [-0.39, 0.29) is 17.8 Å². The van der Waals surface area contributed by atoms with E-state index in [0.717, 1.165) is 24.2 Å². The van der Waals surface area contributed by atoms with Crippen LogP contribution in [0.1, 0.15) is 63.5 Å². The number of aromatic nitrogens is 1. The van der Waals surface area contributed by atoms with Gasteiger partial charge < -0.3 is 15.0 Å². The molecule has 2 heterocycles. The summed E-state index contributed by atoms with van der Waals surface area (Å²) in [5.74, 6) is -0.263. The highest BCUT2D eigenvalue weighted by molar-refractivity contribution is 7.99. The van der Waals surface area contributed by atoms with Crippen molar-refractivity contribution in [1.82, 2.24) is 10.3 Å². The van der Waals surface area contributed by atoms with E-state index in [1.165, 1.54) is 24.9 Å². The predicted molar refractivity (Wildman–Crippen MR) is 103 cm³/mol. The quantitative estimate of drug-likeness (QED) is 0.752. The number of rotatable bonds is 5. The van der Waals surface area contributed by atoms with Crippen LogP contribution in [0.5, 0.6) is 0 Å². The lowest BCUT2D eigenvalue weighted by molar-refractivity contribution is 0.0599. The van der Waals surface area contributed by atoms with Crippen molar-refractivity contribution >= 4 is 23.6 Å². The van der Waals surface area contributed by atoms with Gasteiger partial charge in [-0.2, -0.15) is 0 Å². The lowest BCUT2D eigenvalue weighted by Gasteiger charge is -2.26. The van der Waals surface area contributed by atoms with Crippen molar-refractivity contribution in [2.45, 2.75) is 44.0 Å². The number of benzene rings is 1. The van der Waals surface area contributed by atoms with E-state index in [4.69, 9.17) is 4.74 Å². The molecule has 3 rings (SSSR count). The fourth-order valence-corrected chi connectivity index (χ4v) is 4.66. The smallest absolute Gasteiger partial charge is 0.339 e. The molecule has 0 fully saturated rings. The Balaban J connectivity index is 1.92. The molecule has 0 bridgehead atoms. The van der Waals surface area contributed by atoms with Gasteiger partial charge in [-0.25, -0.2) is 9.18 Å². The van der Waals surface area contributed by atoms with Gasteiger partial charge in [0.1, 0.15) is 11.5 Å². The molecule has 0 saturated heterocycles. The highest BCUT2D eigenvalue weighted by Gasteiger charge is 2.28. The van der Waals surface area contributed by atoms with Crippen LogP contribution in [0.2, 0.25) is 0 Å². The zero-order chi connectivity index (χ0) is 19.6. The van der Waals surface area contributed by atoms with E-state index >= 15 is 0 Å². The molecule has 0 radical (unpaired) electrons. The molecular weight excluding hydrogens is 367 g/mol. The van der Waals surface area contributed by atoms with Crippen LogP contribution in [0.25, 0.3) is 0 Å². The van der Waals surface area contributed by atoms with Gasteiger partial charge in [0.2, 0.25) is 0 Å². The molecule has 27 heavy (non-hydrogen) atoms. The van der Waals surface area contributed by atoms with Crippen LogP contribution in [-0.2, 0) is 11.2 Å². The topological polar surface area (TPSA) is 71.2 Å². The number of ether oxygens (including phenoxy) is 1. The van der Waals surface area contributed by atoms with E-state index in [1.807, 2.05) is 13.0 Å². The van der Waals surface area contributed by atoms with Gasteiger partial charge in [0.05, 0.1) is 18.7 Å². The Labute approximate surface area is 162 Å². The minimum Gasteiger partial charge on any atom is -0.465 e. The summed E-state index contributed by atoms with van der Waals surface area (Å²) < 4.78 is 18.9. The predicted octanol–water partition coefficient (Wildman–Crippen LogP) is 4.17. The number of aryl methyl sites for hydroxylation is 1. The number of fused-ring (bicyclic) bond motifs is 1. The molecule has 1 amide bonds. The first-order valence-electron chi connectivity index (χ1n) is 8.99. The SMILES string of the molecule is CCCc1c(C(=O)NC2CCSc3c(F)cccc32)[nH]c(C)c1C(=O)OC.